The molecule has 0 spiro atoms. The van der Waals surface area contributed by atoms with Crippen molar-refractivity contribution < 1.29 is 10.2 Å². The van der Waals surface area contributed by atoms with Gasteiger partial charge in [-0.3, -0.25) is 0 Å². The van der Waals surface area contributed by atoms with E-state index in [1.54, 1.807) is 0 Å². The molecule has 1 aliphatic carbocycles. The van der Waals surface area contributed by atoms with E-state index in [0.29, 0.717) is 6.42 Å². The predicted octanol–water partition coefficient (Wildman–Crippen LogP) is 3.79. The molecule has 2 N–H and O–H groups in total. The van der Waals surface area contributed by atoms with Crippen LogP contribution in [0.15, 0.2) is 24.3 Å². The highest BCUT2D eigenvalue weighted by Crippen LogP contribution is 2.42. The molecule has 0 amide bonds. The molecule has 1 unspecified atom stereocenters. The average molecular weight is 290 g/mol. The van der Waals surface area contributed by atoms with Gasteiger partial charge in [0.1, 0.15) is 0 Å². The van der Waals surface area contributed by atoms with Crippen LogP contribution in [0.1, 0.15) is 58.8 Å². The summed E-state index contributed by atoms with van der Waals surface area (Å²) in [6.45, 7) is 4.25. The number of hydrogen-bond donors (Lipinski definition) is 2. The minimum absolute atomic E-state index is 0.000816. The summed E-state index contributed by atoms with van der Waals surface area (Å²) in [5.74, 6) is 0.351. The normalized spacial score (nSPS) is 31.4. The largest absolute Gasteiger partial charge is 0.393 e. The molecule has 2 radical (unpaired) electrons. The van der Waals surface area contributed by atoms with Crippen molar-refractivity contribution in [1.29, 1.82) is 0 Å². The molecule has 0 aromatic heterocycles. The van der Waals surface area contributed by atoms with Crippen molar-refractivity contribution in [1.82, 2.24) is 0 Å². The van der Waals surface area contributed by atoms with Gasteiger partial charge in [0, 0.05) is 0 Å². The Balaban J connectivity index is 2.55. The van der Waals surface area contributed by atoms with E-state index in [9.17, 15) is 10.2 Å². The van der Waals surface area contributed by atoms with Crippen molar-refractivity contribution in [2.75, 3.05) is 0 Å². The number of hydrogen-bond acceptors (Lipinski definition) is 2. The Morgan fingerprint density at radius 1 is 1.24 bits per heavy atom. The van der Waals surface area contributed by atoms with Gasteiger partial charge in [0.05, 0.1) is 20.1 Å². The Morgan fingerprint density at radius 2 is 2.00 bits per heavy atom. The van der Waals surface area contributed by atoms with Gasteiger partial charge in [-0.15, -0.1) is 0 Å². The Bertz CT molecular complexity index is 327. The molecule has 2 nitrogen and oxygen atoms in total. The highest BCUT2D eigenvalue weighted by atomic mass is 16.3. The number of unbranched alkanes of at least 4 members (excludes halogenated alkanes) is 2. The molecule has 0 aliphatic heterocycles. The lowest BCUT2D eigenvalue weighted by atomic mass is 9.75. The summed E-state index contributed by atoms with van der Waals surface area (Å²) in [5.41, 5.74) is 0. The molecule has 1 fully saturated rings. The lowest BCUT2D eigenvalue weighted by molar-refractivity contribution is 0.125. The van der Waals surface area contributed by atoms with E-state index in [0.717, 1.165) is 25.7 Å². The van der Waals surface area contributed by atoms with Crippen LogP contribution in [-0.4, -0.2) is 30.3 Å². The van der Waals surface area contributed by atoms with Gasteiger partial charge in [0.15, 0.2) is 0 Å². The standard InChI is InChI=1S/C18H31BO2/c1-3-5-6-7-8-10-16-15(17(19)13-18(16)21)12-11-14(20)9-4-2/h7-8,11-12,14-18,20-21H,3-6,9-10,13H2,1-2H3/b8-7-,12-11+/t14-,15+,16+,17+,18?/m0/s1. The van der Waals surface area contributed by atoms with Gasteiger partial charge in [0.2, 0.25) is 0 Å². The smallest absolute Gasteiger partial charge is 0.0720 e. The first-order chi connectivity index (χ1) is 10.1. The van der Waals surface area contributed by atoms with Crippen molar-refractivity contribution >= 4 is 7.85 Å². The van der Waals surface area contributed by atoms with E-state index < -0.39 is 0 Å². The Hall–Kier alpha value is -0.535. The van der Waals surface area contributed by atoms with Crippen molar-refractivity contribution in [2.45, 2.75) is 76.8 Å². The third-order valence-electron chi connectivity index (χ3n) is 4.44. The molecule has 21 heavy (non-hydrogen) atoms. The molecule has 5 atom stereocenters. The molecule has 1 saturated carbocycles. The molecule has 0 bridgehead atoms. The van der Waals surface area contributed by atoms with Crippen LogP contribution in [0.3, 0.4) is 0 Å². The van der Waals surface area contributed by atoms with Gasteiger partial charge in [-0.1, -0.05) is 63.2 Å². The molecule has 0 aromatic rings. The molecule has 1 rings (SSSR count). The van der Waals surface area contributed by atoms with E-state index >= 15 is 0 Å². The van der Waals surface area contributed by atoms with Crippen LogP contribution >= 0.6 is 0 Å². The number of rotatable bonds is 9. The van der Waals surface area contributed by atoms with Crippen LogP contribution in [0.4, 0.5) is 0 Å². The first kappa shape index (κ1) is 18.5. The molecular formula is C18H31BO2. The van der Waals surface area contributed by atoms with E-state index in [4.69, 9.17) is 7.85 Å². The summed E-state index contributed by atoms with van der Waals surface area (Å²) in [5, 5.41) is 20.0. The lowest BCUT2D eigenvalue weighted by Gasteiger charge is -2.20. The average Bonchev–Trinajstić information content (AvgIpc) is 2.71. The first-order valence-corrected chi connectivity index (χ1v) is 8.55. The second kappa shape index (κ2) is 10.2. The van der Waals surface area contributed by atoms with E-state index in [2.05, 4.69) is 26.0 Å². The summed E-state index contributed by atoms with van der Waals surface area (Å²) < 4.78 is 0. The molecule has 118 valence electrons. The summed E-state index contributed by atoms with van der Waals surface area (Å²) in [6.07, 6.45) is 14.4. The third kappa shape index (κ3) is 6.40. The minimum atomic E-state index is -0.388. The quantitative estimate of drug-likeness (QED) is 0.385. The first-order valence-electron chi connectivity index (χ1n) is 8.55. The zero-order chi connectivity index (χ0) is 15.7. The van der Waals surface area contributed by atoms with Crippen LogP contribution < -0.4 is 0 Å². The van der Waals surface area contributed by atoms with Crippen LogP contribution in [-0.2, 0) is 0 Å². The second-order valence-corrected chi connectivity index (χ2v) is 6.30. The third-order valence-corrected chi connectivity index (χ3v) is 4.44. The summed E-state index contributed by atoms with van der Waals surface area (Å²) >= 11 is 0. The van der Waals surface area contributed by atoms with Gasteiger partial charge in [-0.25, -0.2) is 0 Å². The number of aliphatic hydroxyl groups excluding tert-OH is 2. The minimum Gasteiger partial charge on any atom is -0.393 e. The predicted molar refractivity (Wildman–Crippen MR) is 90.4 cm³/mol. The number of allylic oxidation sites excluding steroid dienone is 3. The van der Waals surface area contributed by atoms with Crippen LogP contribution in [0, 0.1) is 11.8 Å². The van der Waals surface area contributed by atoms with Gasteiger partial charge in [-0.05, 0) is 37.5 Å². The molecule has 1 aliphatic rings. The summed E-state index contributed by atoms with van der Waals surface area (Å²) in [4.78, 5) is 0. The maximum absolute atomic E-state index is 10.2. The Labute approximate surface area is 131 Å². The fraction of sp³-hybridized carbons (Fsp3) is 0.778. The highest BCUT2D eigenvalue weighted by Gasteiger charge is 2.37. The molecule has 3 heteroatoms. The molecule has 0 heterocycles. The SMILES string of the molecule is [B][C@@H]1CC(O)[C@H](C/C=C\CCCC)[C@H]1/C=C/[C@@H](O)CCC. The van der Waals surface area contributed by atoms with E-state index in [1.165, 1.54) is 12.8 Å². The van der Waals surface area contributed by atoms with Crippen molar-refractivity contribution in [2.24, 2.45) is 11.8 Å². The molecular weight excluding hydrogens is 259 g/mol. The fourth-order valence-electron chi connectivity index (χ4n) is 3.13. The van der Waals surface area contributed by atoms with Crippen molar-refractivity contribution in [3.05, 3.63) is 24.3 Å². The Kier molecular flexibility index (Phi) is 9.02. The van der Waals surface area contributed by atoms with Gasteiger partial charge < -0.3 is 10.2 Å². The molecule has 0 saturated heterocycles. The lowest BCUT2D eigenvalue weighted by Crippen LogP contribution is -2.18. The van der Waals surface area contributed by atoms with Crippen LogP contribution in [0.25, 0.3) is 0 Å². The monoisotopic (exact) mass is 290 g/mol. The maximum atomic E-state index is 10.2. The fourth-order valence-corrected chi connectivity index (χ4v) is 3.13. The Morgan fingerprint density at radius 3 is 2.67 bits per heavy atom. The van der Waals surface area contributed by atoms with Gasteiger partial charge >= 0.3 is 0 Å². The van der Waals surface area contributed by atoms with Crippen molar-refractivity contribution in [3.63, 3.8) is 0 Å². The van der Waals surface area contributed by atoms with E-state index in [-0.39, 0.29) is 29.9 Å². The topological polar surface area (TPSA) is 40.5 Å². The van der Waals surface area contributed by atoms with Gasteiger partial charge in [-0.2, -0.15) is 0 Å². The van der Waals surface area contributed by atoms with Crippen molar-refractivity contribution in [3.8, 4) is 0 Å². The van der Waals surface area contributed by atoms with Gasteiger partial charge in [0.25, 0.3) is 0 Å². The number of aliphatic hydroxyl groups is 2. The zero-order valence-corrected chi connectivity index (χ0v) is 13.6. The van der Waals surface area contributed by atoms with Crippen LogP contribution in [0.5, 0.6) is 0 Å². The molecule has 0 aromatic carbocycles. The highest BCUT2D eigenvalue weighted by molar-refractivity contribution is 6.12. The summed E-state index contributed by atoms with van der Waals surface area (Å²) in [6, 6.07) is 0. The zero-order valence-electron chi connectivity index (χ0n) is 13.6. The summed E-state index contributed by atoms with van der Waals surface area (Å²) in [7, 11) is 6.15. The van der Waals surface area contributed by atoms with E-state index in [1.807, 2.05) is 12.2 Å². The van der Waals surface area contributed by atoms with Crippen LogP contribution in [0.2, 0.25) is 5.82 Å². The maximum Gasteiger partial charge on any atom is 0.0720 e. The second-order valence-electron chi connectivity index (χ2n) is 6.30.